The van der Waals surface area contributed by atoms with Gasteiger partial charge < -0.3 is 27.5 Å². The Labute approximate surface area is 321 Å². The van der Waals surface area contributed by atoms with Gasteiger partial charge in [-0.15, -0.1) is 0 Å². The summed E-state index contributed by atoms with van der Waals surface area (Å²) < 4.78 is 0. The van der Waals surface area contributed by atoms with Crippen LogP contribution in [0.2, 0.25) is 0 Å². The molecule has 46 heavy (non-hydrogen) atoms. The number of rotatable bonds is 3. The second kappa shape index (κ2) is 19.5. The molecule has 14 heteroatoms. The largest absolute Gasteiger partial charge is 1.00 e. The Morgan fingerprint density at radius 2 is 0.935 bits per heavy atom. The van der Waals surface area contributed by atoms with Crippen molar-refractivity contribution in [1.29, 1.82) is 0 Å². The number of aliphatic imine (C=N–C) groups is 2. The molecule has 4 amide bonds. The summed E-state index contributed by atoms with van der Waals surface area (Å²) in [6.45, 7) is 0. The second-order valence-electron chi connectivity index (χ2n) is 8.77. The van der Waals surface area contributed by atoms with Gasteiger partial charge in [-0.2, -0.15) is 0 Å². The van der Waals surface area contributed by atoms with E-state index in [9.17, 15) is 24.4 Å². The number of benzene rings is 4. The quantitative estimate of drug-likeness (QED) is 0.0954. The van der Waals surface area contributed by atoms with Crippen molar-refractivity contribution in [3.05, 3.63) is 148 Å². The van der Waals surface area contributed by atoms with Gasteiger partial charge in [0.05, 0.1) is 22.3 Å². The number of halogens is 2. The fourth-order valence-corrected chi connectivity index (χ4v) is 4.14. The minimum Gasteiger partial charge on any atom is -1.00 e. The third-order valence-corrected chi connectivity index (χ3v) is 6.51. The van der Waals surface area contributed by atoms with E-state index in [1.807, 2.05) is 48.5 Å². The number of amides is 4. The average molecular weight is 677 g/mol. The number of carbonyl (C=O) groups excluding carboxylic acids is 4. The molecule has 10 nitrogen and oxygen atoms in total. The van der Waals surface area contributed by atoms with Crippen LogP contribution >= 0.6 is 11.6 Å². The fourth-order valence-electron chi connectivity index (χ4n) is 4.01. The second-order valence-corrected chi connectivity index (χ2v) is 9.13. The average Bonchev–Trinajstić information content (AvgIpc) is 3.44. The fraction of sp³-hybridized carbons (Fsp3) is 0.0625. The monoisotopic (exact) mass is 676 g/mol. The summed E-state index contributed by atoms with van der Waals surface area (Å²) in [5, 5.41) is 12.0. The van der Waals surface area contributed by atoms with Crippen LogP contribution in [0.1, 0.15) is 52.6 Å². The van der Waals surface area contributed by atoms with E-state index in [0.717, 1.165) is 10.6 Å². The molecular formula is C32H24Cl2N4Na2O6. The topological polar surface area (TPSA) is 132 Å². The summed E-state index contributed by atoms with van der Waals surface area (Å²) in [6, 6.07) is 31.5. The maximum atomic E-state index is 12.2. The molecule has 0 radical (unpaired) electrons. The number of hydrogen-bond acceptors (Lipinski definition) is 8. The Morgan fingerprint density at radius 3 is 1.30 bits per heavy atom. The Hall–Kier alpha value is -3.16. The first-order chi connectivity index (χ1) is 20.8. The summed E-state index contributed by atoms with van der Waals surface area (Å²) in [5.74, 6) is -2.28. The standard InChI is InChI=1S/C16H12N2O3.C8H8ClN.C8H4NO3.ClH.2Na/c1-17-14(11-7-3-2-4-8-11)21-18-15(19)12-9-5-6-10-13(12)16(18)20;1-10-8(9)7-5-3-2-4-6-7;10-7-5-3-1-2-4-6(5)8(11)9(7)12;;;/h2-10H,1H3;2-6H,1H3;1-4H;1H;;/q;;-1;;2*+1/p-1. The summed E-state index contributed by atoms with van der Waals surface area (Å²) >= 11 is 5.74. The van der Waals surface area contributed by atoms with E-state index in [2.05, 4.69) is 9.98 Å². The van der Waals surface area contributed by atoms with Gasteiger partial charge in [0, 0.05) is 25.2 Å². The molecule has 0 fully saturated rings. The van der Waals surface area contributed by atoms with Crippen molar-refractivity contribution in [2.24, 2.45) is 9.98 Å². The molecule has 2 aliphatic rings. The first kappa shape index (κ1) is 40.9. The predicted octanol–water partition coefficient (Wildman–Crippen LogP) is -3.61. The van der Waals surface area contributed by atoms with Gasteiger partial charge in [0.15, 0.2) is 0 Å². The molecule has 0 aromatic heterocycles. The first-order valence-electron chi connectivity index (χ1n) is 12.8. The van der Waals surface area contributed by atoms with Crippen LogP contribution in [0, 0.1) is 5.21 Å². The van der Waals surface area contributed by atoms with Gasteiger partial charge in [0.1, 0.15) is 5.17 Å². The predicted molar refractivity (Wildman–Crippen MR) is 162 cm³/mol. The van der Waals surface area contributed by atoms with E-state index in [4.69, 9.17) is 16.4 Å². The SMILES string of the molecule is CN=C(Cl)c1ccccc1.CN=C(ON1C(=O)c2ccccc2C1=O)c1ccccc1.O=C1c2ccccc2C(=O)N1[O-].[Cl-].[Na+].[Na+]. The minimum atomic E-state index is -0.768. The zero-order chi connectivity index (χ0) is 30.9. The van der Waals surface area contributed by atoms with Crippen molar-refractivity contribution in [3.63, 3.8) is 0 Å². The van der Waals surface area contributed by atoms with Gasteiger partial charge in [-0.25, -0.2) is 0 Å². The van der Waals surface area contributed by atoms with Crippen LogP contribution in [0.25, 0.3) is 0 Å². The molecule has 0 spiro atoms. The van der Waals surface area contributed by atoms with Crippen LogP contribution in [-0.2, 0) is 4.84 Å². The van der Waals surface area contributed by atoms with Crippen LogP contribution < -0.4 is 71.5 Å². The molecule has 224 valence electrons. The van der Waals surface area contributed by atoms with E-state index in [-0.39, 0.29) is 93.6 Å². The molecular weight excluding hydrogens is 653 g/mol. The summed E-state index contributed by atoms with van der Waals surface area (Å²) in [5.41, 5.74) is 2.72. The third kappa shape index (κ3) is 9.45. The van der Waals surface area contributed by atoms with Crippen molar-refractivity contribution in [1.82, 2.24) is 10.1 Å². The van der Waals surface area contributed by atoms with Gasteiger partial charge in [-0.3, -0.25) is 29.2 Å². The maximum Gasteiger partial charge on any atom is 1.00 e. The molecule has 2 aliphatic heterocycles. The smallest absolute Gasteiger partial charge is 1.00 e. The van der Waals surface area contributed by atoms with Gasteiger partial charge in [-0.1, -0.05) is 89.5 Å². The zero-order valence-corrected chi connectivity index (χ0v) is 30.9. The van der Waals surface area contributed by atoms with Crippen LogP contribution in [0.3, 0.4) is 0 Å². The number of nitrogens with zero attached hydrogens (tertiary/aromatic N) is 4. The Balaban J connectivity index is 0.000000363. The van der Waals surface area contributed by atoms with E-state index in [1.165, 1.54) is 12.1 Å². The molecule has 4 aromatic carbocycles. The molecule has 0 unspecified atom stereocenters. The van der Waals surface area contributed by atoms with Gasteiger partial charge in [0.2, 0.25) is 5.90 Å². The van der Waals surface area contributed by atoms with Crippen molar-refractivity contribution >= 4 is 46.3 Å². The van der Waals surface area contributed by atoms with Crippen LogP contribution in [0.4, 0.5) is 0 Å². The van der Waals surface area contributed by atoms with Crippen LogP contribution in [0.15, 0.2) is 119 Å². The maximum absolute atomic E-state index is 12.2. The van der Waals surface area contributed by atoms with Gasteiger partial charge >= 0.3 is 59.1 Å². The van der Waals surface area contributed by atoms with Crippen molar-refractivity contribution < 1.29 is 95.5 Å². The molecule has 4 aromatic rings. The molecule has 0 aliphatic carbocycles. The molecule has 0 atom stereocenters. The van der Waals surface area contributed by atoms with E-state index < -0.39 is 23.6 Å². The molecule has 0 N–H and O–H groups in total. The summed E-state index contributed by atoms with van der Waals surface area (Å²) in [6.07, 6.45) is 0. The Kier molecular flexibility index (Phi) is 17.3. The molecule has 0 saturated carbocycles. The third-order valence-electron chi connectivity index (χ3n) is 6.12. The first-order valence-corrected chi connectivity index (χ1v) is 13.2. The van der Waals surface area contributed by atoms with Crippen LogP contribution in [0.5, 0.6) is 0 Å². The van der Waals surface area contributed by atoms with E-state index >= 15 is 0 Å². The normalized spacial score (nSPS) is 13.0. The summed E-state index contributed by atoms with van der Waals surface area (Å²) in [4.78, 5) is 59.7. The minimum absolute atomic E-state index is 0. The number of imide groups is 2. The summed E-state index contributed by atoms with van der Waals surface area (Å²) in [7, 11) is 3.22. The van der Waals surface area contributed by atoms with Crippen LogP contribution in [-0.4, -0.2) is 58.9 Å². The van der Waals surface area contributed by atoms with Crippen molar-refractivity contribution in [2.45, 2.75) is 0 Å². The Bertz CT molecular complexity index is 1670. The number of hydroxylamine groups is 4. The van der Waals surface area contributed by atoms with Crippen molar-refractivity contribution in [2.75, 3.05) is 14.1 Å². The number of carbonyl (C=O) groups is 4. The Morgan fingerprint density at radius 1 is 0.587 bits per heavy atom. The zero-order valence-electron chi connectivity index (χ0n) is 25.4. The van der Waals surface area contributed by atoms with Crippen molar-refractivity contribution in [3.8, 4) is 0 Å². The van der Waals surface area contributed by atoms with Gasteiger partial charge in [0.25, 0.3) is 23.6 Å². The molecule has 2 heterocycles. The molecule has 6 rings (SSSR count). The van der Waals surface area contributed by atoms with Gasteiger partial charge in [-0.05, 0) is 36.4 Å². The molecule has 0 saturated heterocycles. The van der Waals surface area contributed by atoms with E-state index in [1.54, 1.807) is 62.6 Å². The van der Waals surface area contributed by atoms with E-state index in [0.29, 0.717) is 21.9 Å². The number of hydrogen-bond donors (Lipinski definition) is 0. The molecule has 0 bridgehead atoms. The number of fused-ring (bicyclic) bond motifs is 2.